The zero-order chi connectivity index (χ0) is 17.3. The zero-order valence-corrected chi connectivity index (χ0v) is 13.8. The first-order valence-corrected chi connectivity index (χ1v) is 7.49. The second kappa shape index (κ2) is 6.40. The van der Waals surface area contributed by atoms with Crippen LogP contribution in [0.5, 0.6) is 0 Å². The Morgan fingerprint density at radius 3 is 2.71 bits per heavy atom. The molecular formula is C13H14ClN7O3. The maximum atomic E-state index is 10.6. The second-order valence-corrected chi connectivity index (χ2v) is 5.58. The summed E-state index contributed by atoms with van der Waals surface area (Å²) in [7, 11) is 0. The van der Waals surface area contributed by atoms with Crippen LogP contribution in [0.4, 0.5) is 5.69 Å². The largest absolute Gasteiger partial charge is 0.423 e. The van der Waals surface area contributed by atoms with E-state index in [1.54, 1.807) is 4.68 Å². The molecule has 0 saturated heterocycles. The Hall–Kier alpha value is -2.75. The molecule has 0 aliphatic carbocycles. The van der Waals surface area contributed by atoms with Crippen molar-refractivity contribution < 1.29 is 9.34 Å². The van der Waals surface area contributed by atoms with Crippen molar-refractivity contribution in [2.24, 2.45) is 0 Å². The molecule has 24 heavy (non-hydrogen) atoms. The first kappa shape index (κ1) is 16.1. The van der Waals surface area contributed by atoms with E-state index in [4.69, 9.17) is 16.0 Å². The highest BCUT2D eigenvalue weighted by molar-refractivity contribution is 6.31. The average Bonchev–Trinajstić information content (AvgIpc) is 3.24. The highest BCUT2D eigenvalue weighted by atomic mass is 35.5. The van der Waals surface area contributed by atoms with Crippen LogP contribution >= 0.6 is 11.6 Å². The highest BCUT2D eigenvalue weighted by Gasteiger charge is 2.13. The summed E-state index contributed by atoms with van der Waals surface area (Å²) in [4.78, 5) is 10.1. The number of nitrogens with zero attached hydrogens (tertiary/aromatic N) is 7. The number of hydrogen-bond acceptors (Lipinski definition) is 7. The normalized spacial score (nSPS) is 11.1. The van der Waals surface area contributed by atoms with E-state index < -0.39 is 4.92 Å². The van der Waals surface area contributed by atoms with E-state index in [2.05, 4.69) is 20.4 Å². The molecule has 3 heterocycles. The summed E-state index contributed by atoms with van der Waals surface area (Å²) < 4.78 is 8.69. The van der Waals surface area contributed by atoms with Crippen molar-refractivity contribution in [3.8, 4) is 0 Å². The monoisotopic (exact) mass is 351 g/mol. The van der Waals surface area contributed by atoms with Gasteiger partial charge in [-0.2, -0.15) is 10.2 Å². The van der Waals surface area contributed by atoms with E-state index in [0.717, 1.165) is 11.4 Å². The molecule has 0 amide bonds. The maximum absolute atomic E-state index is 10.6. The quantitative estimate of drug-likeness (QED) is 0.491. The molecule has 0 N–H and O–H groups in total. The smallest absolute Gasteiger partial charge is 0.307 e. The molecule has 0 fully saturated rings. The van der Waals surface area contributed by atoms with Gasteiger partial charge in [-0.25, -0.2) is 0 Å². The number of halogens is 1. The van der Waals surface area contributed by atoms with Gasteiger partial charge >= 0.3 is 5.69 Å². The molecular weight excluding hydrogens is 338 g/mol. The molecule has 3 aromatic heterocycles. The van der Waals surface area contributed by atoms with Crippen LogP contribution in [0.1, 0.15) is 23.2 Å². The number of rotatable bonds is 6. The van der Waals surface area contributed by atoms with E-state index in [1.165, 1.54) is 17.1 Å². The van der Waals surface area contributed by atoms with Crippen LogP contribution < -0.4 is 0 Å². The van der Waals surface area contributed by atoms with E-state index in [1.807, 2.05) is 13.8 Å². The van der Waals surface area contributed by atoms with E-state index in [9.17, 15) is 10.1 Å². The van der Waals surface area contributed by atoms with E-state index in [-0.39, 0.29) is 12.2 Å². The highest BCUT2D eigenvalue weighted by Crippen LogP contribution is 2.19. The molecule has 0 aliphatic rings. The molecule has 3 rings (SSSR count). The van der Waals surface area contributed by atoms with Gasteiger partial charge in [0.2, 0.25) is 11.8 Å². The van der Waals surface area contributed by atoms with Crippen LogP contribution in [-0.2, 0) is 19.5 Å². The molecule has 0 spiro atoms. The third-order valence-corrected chi connectivity index (χ3v) is 4.01. The third kappa shape index (κ3) is 3.27. The van der Waals surface area contributed by atoms with Gasteiger partial charge in [0.25, 0.3) is 0 Å². The number of aromatic nitrogens is 6. The fourth-order valence-electron chi connectivity index (χ4n) is 2.22. The SMILES string of the molecule is Cc1nn(CCc2nnc(Cn3cc([N+](=O)[O-])cn3)o2)c(C)c1Cl. The molecule has 126 valence electrons. The molecule has 0 bridgehead atoms. The molecule has 11 heteroatoms. The van der Waals surface area contributed by atoms with E-state index >= 15 is 0 Å². The Bertz CT molecular complexity index is 882. The molecule has 10 nitrogen and oxygen atoms in total. The molecule has 0 unspecified atom stereocenters. The van der Waals surface area contributed by atoms with Gasteiger partial charge in [0.1, 0.15) is 18.9 Å². The first-order chi connectivity index (χ1) is 11.4. The third-order valence-electron chi connectivity index (χ3n) is 3.47. The van der Waals surface area contributed by atoms with Crippen molar-refractivity contribution in [1.82, 2.24) is 29.8 Å². The topological polar surface area (TPSA) is 118 Å². The summed E-state index contributed by atoms with van der Waals surface area (Å²) >= 11 is 6.11. The summed E-state index contributed by atoms with van der Waals surface area (Å²) in [6.07, 6.45) is 2.98. The summed E-state index contributed by atoms with van der Waals surface area (Å²) in [5, 5.41) is 27.4. The zero-order valence-electron chi connectivity index (χ0n) is 13.0. The lowest BCUT2D eigenvalue weighted by Crippen LogP contribution is -2.05. The lowest BCUT2D eigenvalue weighted by molar-refractivity contribution is -0.385. The van der Waals surface area contributed by atoms with Gasteiger partial charge in [0.15, 0.2) is 0 Å². The Morgan fingerprint density at radius 1 is 1.33 bits per heavy atom. The van der Waals surface area contributed by atoms with Crippen molar-refractivity contribution in [2.45, 2.75) is 33.4 Å². The lowest BCUT2D eigenvalue weighted by atomic mass is 10.4. The molecule has 3 aromatic rings. The standard InChI is InChI=1S/C13H14ClN7O3/c1-8-13(14)9(2)20(18-8)4-3-11-16-17-12(24-11)7-19-6-10(5-15-19)21(22)23/h5-6H,3-4,7H2,1-2H3. The van der Waals surface area contributed by atoms with Crippen LogP contribution in [0.25, 0.3) is 0 Å². The van der Waals surface area contributed by atoms with Gasteiger partial charge in [0.05, 0.1) is 21.3 Å². The average molecular weight is 352 g/mol. The molecule has 0 atom stereocenters. The fraction of sp³-hybridized carbons (Fsp3) is 0.385. The van der Waals surface area contributed by atoms with Gasteiger partial charge in [-0.1, -0.05) is 11.6 Å². The Balaban J connectivity index is 1.62. The fourth-order valence-corrected chi connectivity index (χ4v) is 2.35. The van der Waals surface area contributed by atoms with Crippen molar-refractivity contribution in [3.05, 3.63) is 50.7 Å². The van der Waals surface area contributed by atoms with Gasteiger partial charge in [0, 0.05) is 13.0 Å². The van der Waals surface area contributed by atoms with Crippen LogP contribution in [0, 0.1) is 24.0 Å². The molecule has 0 aliphatic heterocycles. The van der Waals surface area contributed by atoms with Gasteiger partial charge in [-0.3, -0.25) is 19.5 Å². The summed E-state index contributed by atoms with van der Waals surface area (Å²) in [6, 6.07) is 0. The Kier molecular flexibility index (Phi) is 4.30. The molecule has 0 saturated carbocycles. The lowest BCUT2D eigenvalue weighted by Gasteiger charge is -2.01. The Morgan fingerprint density at radius 2 is 2.08 bits per heavy atom. The summed E-state index contributed by atoms with van der Waals surface area (Å²) in [6.45, 7) is 4.48. The minimum atomic E-state index is -0.512. The van der Waals surface area contributed by atoms with Crippen molar-refractivity contribution in [3.63, 3.8) is 0 Å². The predicted octanol–water partition coefficient (Wildman–Crippen LogP) is 1.93. The minimum Gasteiger partial charge on any atom is -0.423 e. The summed E-state index contributed by atoms with van der Waals surface area (Å²) in [5.74, 6) is 0.782. The van der Waals surface area contributed by atoms with Gasteiger partial charge in [-0.05, 0) is 13.8 Å². The molecule has 0 aromatic carbocycles. The van der Waals surface area contributed by atoms with Crippen molar-refractivity contribution >= 4 is 17.3 Å². The first-order valence-electron chi connectivity index (χ1n) is 7.11. The summed E-state index contributed by atoms with van der Waals surface area (Å²) in [5.41, 5.74) is 1.58. The Labute approximate surface area is 141 Å². The second-order valence-electron chi connectivity index (χ2n) is 5.20. The number of nitro groups is 1. The van der Waals surface area contributed by atoms with Crippen LogP contribution in [0.2, 0.25) is 5.02 Å². The minimum absolute atomic E-state index is 0.0869. The van der Waals surface area contributed by atoms with Crippen LogP contribution in [-0.4, -0.2) is 34.7 Å². The molecule has 0 radical (unpaired) electrons. The van der Waals surface area contributed by atoms with E-state index in [0.29, 0.717) is 29.8 Å². The van der Waals surface area contributed by atoms with Crippen LogP contribution in [0.3, 0.4) is 0 Å². The van der Waals surface area contributed by atoms with Crippen molar-refractivity contribution in [1.29, 1.82) is 0 Å². The van der Waals surface area contributed by atoms with Gasteiger partial charge in [-0.15, -0.1) is 10.2 Å². The van der Waals surface area contributed by atoms with Crippen LogP contribution in [0.15, 0.2) is 16.8 Å². The van der Waals surface area contributed by atoms with Gasteiger partial charge < -0.3 is 4.42 Å². The number of hydrogen-bond donors (Lipinski definition) is 0. The maximum Gasteiger partial charge on any atom is 0.307 e. The number of aryl methyl sites for hydroxylation is 3. The van der Waals surface area contributed by atoms with Crippen molar-refractivity contribution in [2.75, 3.05) is 0 Å². The predicted molar refractivity (Wildman–Crippen MR) is 82.7 cm³/mol.